The van der Waals surface area contributed by atoms with E-state index in [4.69, 9.17) is 11.1 Å². The third kappa shape index (κ3) is 4.37. The lowest BCUT2D eigenvalue weighted by atomic mass is 10.00. The highest BCUT2D eigenvalue weighted by molar-refractivity contribution is 6.21. The predicted molar refractivity (Wildman–Crippen MR) is 124 cm³/mol. The van der Waals surface area contributed by atoms with Crippen LogP contribution in [0.3, 0.4) is 0 Å². The van der Waals surface area contributed by atoms with Gasteiger partial charge in [-0.05, 0) is 48.6 Å². The normalized spacial score (nSPS) is 13.5. The standard InChI is InChI=1S/C25H23N3O2.ClH/c1-16(28-24(29)21-4-2-3-5-22(21)25(28)30)19-12-8-17(9-13-19)6-7-18-10-14-20(15-11-18)23(26)27;/h2-5,8-16H,6-7H2,1H3,(H3,26,27);1H. The molecule has 1 aliphatic heterocycles. The number of benzene rings is 3. The molecule has 0 aromatic heterocycles. The molecule has 0 spiro atoms. The van der Waals surface area contributed by atoms with Crippen LogP contribution in [0.5, 0.6) is 0 Å². The van der Waals surface area contributed by atoms with Gasteiger partial charge in [0.15, 0.2) is 0 Å². The molecular weight excluding hydrogens is 410 g/mol. The smallest absolute Gasteiger partial charge is 0.262 e. The van der Waals surface area contributed by atoms with Crippen LogP contribution in [-0.4, -0.2) is 22.5 Å². The second kappa shape index (κ2) is 9.14. The van der Waals surface area contributed by atoms with Gasteiger partial charge in [0.1, 0.15) is 5.84 Å². The fraction of sp³-hybridized carbons (Fsp3) is 0.160. The van der Waals surface area contributed by atoms with Gasteiger partial charge in [0, 0.05) is 5.56 Å². The van der Waals surface area contributed by atoms with Crippen molar-refractivity contribution >= 4 is 30.1 Å². The zero-order valence-electron chi connectivity index (χ0n) is 17.2. The molecule has 2 amide bonds. The monoisotopic (exact) mass is 433 g/mol. The lowest BCUT2D eigenvalue weighted by Crippen LogP contribution is -2.32. The van der Waals surface area contributed by atoms with Crippen molar-refractivity contribution in [2.75, 3.05) is 0 Å². The molecular formula is C25H24ClN3O2. The number of nitrogen functional groups attached to an aromatic ring is 1. The van der Waals surface area contributed by atoms with Crippen LogP contribution in [0.15, 0.2) is 72.8 Å². The SMILES string of the molecule is CC(c1ccc(CCc2ccc(C(=N)N)cc2)cc1)N1C(=O)c2ccccc2C1=O.Cl. The molecule has 3 aromatic rings. The second-order valence-electron chi connectivity index (χ2n) is 7.55. The van der Waals surface area contributed by atoms with E-state index in [9.17, 15) is 9.59 Å². The summed E-state index contributed by atoms with van der Waals surface area (Å²) in [5.74, 6) is -0.397. The van der Waals surface area contributed by atoms with Crippen LogP contribution in [0.25, 0.3) is 0 Å². The van der Waals surface area contributed by atoms with E-state index in [0.29, 0.717) is 11.1 Å². The lowest BCUT2D eigenvalue weighted by Gasteiger charge is -2.23. The second-order valence-corrected chi connectivity index (χ2v) is 7.55. The Balaban J connectivity index is 0.00000272. The van der Waals surface area contributed by atoms with Crippen LogP contribution >= 0.6 is 12.4 Å². The number of aryl methyl sites for hydroxylation is 2. The van der Waals surface area contributed by atoms with Gasteiger partial charge < -0.3 is 5.73 Å². The van der Waals surface area contributed by atoms with Gasteiger partial charge in [0.25, 0.3) is 11.8 Å². The molecule has 0 aliphatic carbocycles. The first kappa shape index (κ1) is 22.2. The van der Waals surface area contributed by atoms with E-state index >= 15 is 0 Å². The Morgan fingerprint density at radius 3 is 1.74 bits per heavy atom. The largest absolute Gasteiger partial charge is 0.384 e. The number of nitrogens with zero attached hydrogens (tertiary/aromatic N) is 1. The molecule has 0 radical (unpaired) electrons. The Hall–Kier alpha value is -3.44. The van der Waals surface area contributed by atoms with Crippen LogP contribution in [0.1, 0.15) is 55.9 Å². The van der Waals surface area contributed by atoms with Crippen molar-refractivity contribution in [3.05, 3.63) is 106 Å². The van der Waals surface area contributed by atoms with Crippen molar-refractivity contribution in [1.29, 1.82) is 5.41 Å². The summed E-state index contributed by atoms with van der Waals surface area (Å²) in [6.45, 7) is 1.88. The summed E-state index contributed by atoms with van der Waals surface area (Å²) in [7, 11) is 0. The molecule has 0 saturated carbocycles. The number of nitrogens with one attached hydrogen (secondary N) is 1. The molecule has 0 saturated heterocycles. The van der Waals surface area contributed by atoms with Crippen LogP contribution in [0.2, 0.25) is 0 Å². The first-order valence-electron chi connectivity index (χ1n) is 9.95. The number of rotatable bonds is 6. The van der Waals surface area contributed by atoms with Crippen molar-refractivity contribution in [2.45, 2.75) is 25.8 Å². The number of imide groups is 1. The number of hydrogen-bond donors (Lipinski definition) is 2. The summed E-state index contributed by atoms with van der Waals surface area (Å²) < 4.78 is 0. The van der Waals surface area contributed by atoms with Gasteiger partial charge >= 0.3 is 0 Å². The molecule has 5 nitrogen and oxygen atoms in total. The van der Waals surface area contributed by atoms with Crippen LogP contribution in [0.4, 0.5) is 0 Å². The van der Waals surface area contributed by atoms with E-state index in [2.05, 4.69) is 0 Å². The summed E-state index contributed by atoms with van der Waals surface area (Å²) >= 11 is 0. The predicted octanol–water partition coefficient (Wildman–Crippen LogP) is 4.53. The van der Waals surface area contributed by atoms with Crippen LogP contribution < -0.4 is 5.73 Å². The average molecular weight is 434 g/mol. The number of carbonyl (C=O) groups is 2. The van der Waals surface area contributed by atoms with E-state index in [0.717, 1.165) is 24.0 Å². The molecule has 3 aromatic carbocycles. The maximum atomic E-state index is 12.7. The van der Waals surface area contributed by atoms with E-state index < -0.39 is 0 Å². The lowest BCUT2D eigenvalue weighted by molar-refractivity contribution is 0.0595. The molecule has 6 heteroatoms. The third-order valence-corrected chi connectivity index (χ3v) is 5.64. The molecule has 3 N–H and O–H groups in total. The summed E-state index contributed by atoms with van der Waals surface area (Å²) in [6.07, 6.45) is 1.76. The Kier molecular flexibility index (Phi) is 6.56. The number of amides is 2. The van der Waals surface area contributed by atoms with Gasteiger partial charge in [0.2, 0.25) is 0 Å². The quantitative estimate of drug-likeness (QED) is 0.340. The van der Waals surface area contributed by atoms with E-state index in [-0.39, 0.29) is 36.1 Å². The number of nitrogens with two attached hydrogens (primary N) is 1. The molecule has 0 bridgehead atoms. The number of amidine groups is 1. The van der Waals surface area contributed by atoms with Gasteiger partial charge in [-0.2, -0.15) is 0 Å². The maximum absolute atomic E-state index is 12.7. The molecule has 4 rings (SSSR count). The molecule has 1 aliphatic rings. The molecule has 1 unspecified atom stereocenters. The first-order chi connectivity index (χ1) is 14.5. The van der Waals surface area contributed by atoms with Crippen molar-refractivity contribution in [1.82, 2.24) is 4.90 Å². The minimum atomic E-state index is -0.328. The minimum absolute atomic E-state index is 0. The molecule has 0 fully saturated rings. The van der Waals surface area contributed by atoms with E-state index in [1.807, 2.05) is 55.5 Å². The van der Waals surface area contributed by atoms with Gasteiger partial charge in [0.05, 0.1) is 17.2 Å². The highest BCUT2D eigenvalue weighted by Gasteiger charge is 2.38. The van der Waals surface area contributed by atoms with E-state index in [1.165, 1.54) is 16.0 Å². The summed E-state index contributed by atoms with van der Waals surface area (Å²) in [5.41, 5.74) is 10.5. The highest BCUT2D eigenvalue weighted by atomic mass is 35.5. The Morgan fingerprint density at radius 1 is 0.839 bits per heavy atom. The number of halogens is 1. The molecule has 1 atom stereocenters. The number of fused-ring (bicyclic) bond motifs is 1. The van der Waals surface area contributed by atoms with Gasteiger partial charge in [-0.1, -0.05) is 60.7 Å². The number of carbonyl (C=O) groups excluding carboxylic acids is 2. The fourth-order valence-electron chi connectivity index (χ4n) is 3.81. The highest BCUT2D eigenvalue weighted by Crippen LogP contribution is 2.31. The van der Waals surface area contributed by atoms with E-state index in [1.54, 1.807) is 24.3 Å². The van der Waals surface area contributed by atoms with Crippen molar-refractivity contribution < 1.29 is 9.59 Å². The Morgan fingerprint density at radius 2 is 1.29 bits per heavy atom. The van der Waals surface area contributed by atoms with Gasteiger partial charge in [-0.25, -0.2) is 0 Å². The third-order valence-electron chi connectivity index (χ3n) is 5.64. The Bertz CT molecular complexity index is 1090. The summed E-state index contributed by atoms with van der Waals surface area (Å²) in [6, 6.07) is 22.4. The van der Waals surface area contributed by atoms with Crippen LogP contribution in [0, 0.1) is 5.41 Å². The summed E-state index contributed by atoms with van der Waals surface area (Å²) in [5, 5.41) is 7.45. The van der Waals surface area contributed by atoms with Gasteiger partial charge in [-0.15, -0.1) is 12.4 Å². The first-order valence-corrected chi connectivity index (χ1v) is 9.95. The van der Waals surface area contributed by atoms with Gasteiger partial charge in [-0.3, -0.25) is 19.9 Å². The van der Waals surface area contributed by atoms with Crippen molar-refractivity contribution in [3.8, 4) is 0 Å². The maximum Gasteiger partial charge on any atom is 0.262 e. The minimum Gasteiger partial charge on any atom is -0.384 e. The number of hydrogen-bond acceptors (Lipinski definition) is 3. The topological polar surface area (TPSA) is 87.2 Å². The molecule has 1 heterocycles. The fourth-order valence-corrected chi connectivity index (χ4v) is 3.81. The van der Waals surface area contributed by atoms with Crippen molar-refractivity contribution in [2.24, 2.45) is 5.73 Å². The molecule has 31 heavy (non-hydrogen) atoms. The zero-order chi connectivity index (χ0) is 21.3. The Labute approximate surface area is 187 Å². The molecule has 158 valence electrons. The zero-order valence-corrected chi connectivity index (χ0v) is 18.0. The van der Waals surface area contributed by atoms with Crippen molar-refractivity contribution in [3.63, 3.8) is 0 Å². The average Bonchev–Trinajstić information content (AvgIpc) is 3.03. The summed E-state index contributed by atoms with van der Waals surface area (Å²) in [4.78, 5) is 26.7. The van der Waals surface area contributed by atoms with Crippen LogP contribution in [-0.2, 0) is 12.8 Å².